The summed E-state index contributed by atoms with van der Waals surface area (Å²) in [5, 5.41) is 0. The van der Waals surface area contributed by atoms with Crippen molar-refractivity contribution in [1.82, 2.24) is 0 Å². The van der Waals surface area contributed by atoms with Crippen molar-refractivity contribution < 1.29 is 9.47 Å². The Bertz CT molecular complexity index is 138. The summed E-state index contributed by atoms with van der Waals surface area (Å²) in [5.41, 5.74) is 0.458. The number of rotatable bonds is 0. The number of hydrogen-bond acceptors (Lipinski definition) is 2. The zero-order chi connectivity index (χ0) is 5.95. The highest BCUT2D eigenvalue weighted by molar-refractivity contribution is 5.20. The van der Waals surface area contributed by atoms with E-state index in [0.717, 1.165) is 13.2 Å². The maximum absolute atomic E-state index is 5.41. The van der Waals surface area contributed by atoms with Crippen molar-refractivity contribution in [3.05, 3.63) is 0 Å². The van der Waals surface area contributed by atoms with Crippen LogP contribution in [-0.4, -0.2) is 24.4 Å². The standard InChI is InChI=1S/C7H10O2/c1-2-6(4-8-6)7(3-1)5-9-7/h1-5H2. The third-order valence-corrected chi connectivity index (χ3v) is 2.98. The van der Waals surface area contributed by atoms with Crippen LogP contribution in [0, 0.1) is 0 Å². The second-order valence-electron chi connectivity index (χ2n) is 3.42. The van der Waals surface area contributed by atoms with Crippen LogP contribution in [0.1, 0.15) is 19.3 Å². The highest BCUT2D eigenvalue weighted by Crippen LogP contribution is 2.58. The molecule has 0 aromatic heterocycles. The van der Waals surface area contributed by atoms with E-state index in [9.17, 15) is 0 Å². The van der Waals surface area contributed by atoms with Gasteiger partial charge in [-0.05, 0) is 19.3 Å². The normalized spacial score (nSPS) is 61.3. The van der Waals surface area contributed by atoms with Crippen molar-refractivity contribution >= 4 is 0 Å². The number of fused-ring (bicyclic) bond motifs is 1. The van der Waals surface area contributed by atoms with Gasteiger partial charge in [-0.25, -0.2) is 0 Å². The van der Waals surface area contributed by atoms with Gasteiger partial charge in [-0.15, -0.1) is 0 Å². The molecule has 1 aliphatic carbocycles. The van der Waals surface area contributed by atoms with Gasteiger partial charge in [0, 0.05) is 0 Å². The second kappa shape index (κ2) is 1.06. The first-order chi connectivity index (χ1) is 4.37. The average Bonchev–Trinajstić information content (AvgIpc) is 2.51. The predicted octanol–water partition coefficient (Wildman–Crippen LogP) is 0.708. The molecule has 2 atom stereocenters. The third kappa shape index (κ3) is 0.383. The molecule has 2 heteroatoms. The molecule has 3 aliphatic rings. The van der Waals surface area contributed by atoms with Crippen LogP contribution in [0.15, 0.2) is 0 Å². The van der Waals surface area contributed by atoms with Crippen molar-refractivity contribution in [2.75, 3.05) is 13.2 Å². The van der Waals surface area contributed by atoms with Crippen LogP contribution in [-0.2, 0) is 9.47 Å². The molecule has 2 unspecified atom stereocenters. The first-order valence-corrected chi connectivity index (χ1v) is 3.65. The summed E-state index contributed by atoms with van der Waals surface area (Å²) >= 11 is 0. The van der Waals surface area contributed by atoms with E-state index in [1.165, 1.54) is 19.3 Å². The van der Waals surface area contributed by atoms with Gasteiger partial charge in [0.1, 0.15) is 11.2 Å². The van der Waals surface area contributed by atoms with Crippen LogP contribution >= 0.6 is 0 Å². The SMILES string of the molecule is C1CC2(CO2)C2(C1)CO2. The molecule has 2 aliphatic heterocycles. The fourth-order valence-corrected chi connectivity index (χ4v) is 2.10. The van der Waals surface area contributed by atoms with Gasteiger partial charge in [-0.2, -0.15) is 0 Å². The lowest BCUT2D eigenvalue weighted by atomic mass is 9.98. The molecule has 0 amide bonds. The van der Waals surface area contributed by atoms with Crippen LogP contribution < -0.4 is 0 Å². The van der Waals surface area contributed by atoms with Crippen molar-refractivity contribution in [2.45, 2.75) is 30.5 Å². The Hall–Kier alpha value is -0.0800. The molecule has 0 aromatic carbocycles. The summed E-state index contributed by atoms with van der Waals surface area (Å²) in [4.78, 5) is 0. The first kappa shape index (κ1) is 4.69. The Kier molecular flexibility index (Phi) is 0.552. The van der Waals surface area contributed by atoms with Crippen LogP contribution in [0.5, 0.6) is 0 Å². The Morgan fingerprint density at radius 1 is 0.889 bits per heavy atom. The Labute approximate surface area is 54.1 Å². The van der Waals surface area contributed by atoms with Gasteiger partial charge < -0.3 is 9.47 Å². The van der Waals surface area contributed by atoms with Crippen LogP contribution in [0.3, 0.4) is 0 Å². The minimum Gasteiger partial charge on any atom is -0.366 e. The zero-order valence-corrected chi connectivity index (χ0v) is 5.35. The van der Waals surface area contributed by atoms with Gasteiger partial charge in [0.15, 0.2) is 0 Å². The minimum atomic E-state index is 0.229. The van der Waals surface area contributed by atoms with Crippen LogP contribution in [0.25, 0.3) is 0 Å². The maximum Gasteiger partial charge on any atom is 0.123 e. The van der Waals surface area contributed by atoms with E-state index >= 15 is 0 Å². The molecule has 2 saturated heterocycles. The summed E-state index contributed by atoms with van der Waals surface area (Å²) in [6.07, 6.45) is 3.79. The van der Waals surface area contributed by atoms with Gasteiger partial charge in [0.2, 0.25) is 0 Å². The Morgan fingerprint density at radius 2 is 1.33 bits per heavy atom. The number of ether oxygens (including phenoxy) is 2. The fraction of sp³-hybridized carbons (Fsp3) is 1.00. The summed E-state index contributed by atoms with van der Waals surface area (Å²) in [5.74, 6) is 0. The molecule has 50 valence electrons. The molecule has 2 spiro atoms. The third-order valence-electron chi connectivity index (χ3n) is 2.98. The first-order valence-electron chi connectivity index (χ1n) is 3.65. The lowest BCUT2D eigenvalue weighted by Gasteiger charge is -2.06. The van der Waals surface area contributed by atoms with Gasteiger partial charge in [-0.1, -0.05) is 0 Å². The van der Waals surface area contributed by atoms with E-state index in [-0.39, 0.29) is 11.2 Å². The molecule has 2 nitrogen and oxygen atoms in total. The predicted molar refractivity (Wildman–Crippen MR) is 31.2 cm³/mol. The monoisotopic (exact) mass is 126 g/mol. The van der Waals surface area contributed by atoms with E-state index in [1.54, 1.807) is 0 Å². The summed E-state index contributed by atoms with van der Waals surface area (Å²) in [6.45, 7) is 1.93. The Balaban J connectivity index is 2.00. The lowest BCUT2D eigenvalue weighted by Crippen LogP contribution is -2.26. The molecule has 3 fully saturated rings. The molecule has 1 saturated carbocycles. The molecular weight excluding hydrogens is 116 g/mol. The fourth-order valence-electron chi connectivity index (χ4n) is 2.10. The van der Waals surface area contributed by atoms with E-state index in [0.29, 0.717) is 0 Å². The molecule has 0 bridgehead atoms. The highest BCUT2D eigenvalue weighted by Gasteiger charge is 2.71. The van der Waals surface area contributed by atoms with Crippen molar-refractivity contribution in [3.63, 3.8) is 0 Å². The zero-order valence-electron chi connectivity index (χ0n) is 5.35. The number of hydrogen-bond donors (Lipinski definition) is 0. The van der Waals surface area contributed by atoms with E-state index in [4.69, 9.17) is 9.47 Å². The summed E-state index contributed by atoms with van der Waals surface area (Å²) in [6, 6.07) is 0. The Morgan fingerprint density at radius 3 is 1.67 bits per heavy atom. The smallest absolute Gasteiger partial charge is 0.123 e. The van der Waals surface area contributed by atoms with Gasteiger partial charge in [0.05, 0.1) is 13.2 Å². The topological polar surface area (TPSA) is 25.1 Å². The summed E-state index contributed by atoms with van der Waals surface area (Å²) < 4.78 is 10.8. The largest absolute Gasteiger partial charge is 0.366 e. The molecular formula is C7H10O2. The minimum absolute atomic E-state index is 0.229. The maximum atomic E-state index is 5.41. The molecule has 0 N–H and O–H groups in total. The van der Waals surface area contributed by atoms with Gasteiger partial charge in [-0.3, -0.25) is 0 Å². The molecule has 2 heterocycles. The second-order valence-corrected chi connectivity index (χ2v) is 3.42. The van der Waals surface area contributed by atoms with Gasteiger partial charge in [0.25, 0.3) is 0 Å². The molecule has 9 heavy (non-hydrogen) atoms. The number of epoxide rings is 2. The van der Waals surface area contributed by atoms with E-state index in [1.807, 2.05) is 0 Å². The quantitative estimate of drug-likeness (QED) is 0.446. The molecule has 0 aromatic rings. The highest BCUT2D eigenvalue weighted by atomic mass is 16.7. The van der Waals surface area contributed by atoms with Crippen LogP contribution in [0.2, 0.25) is 0 Å². The van der Waals surface area contributed by atoms with E-state index < -0.39 is 0 Å². The summed E-state index contributed by atoms with van der Waals surface area (Å²) in [7, 11) is 0. The van der Waals surface area contributed by atoms with Gasteiger partial charge >= 0.3 is 0 Å². The van der Waals surface area contributed by atoms with Crippen molar-refractivity contribution in [1.29, 1.82) is 0 Å². The average molecular weight is 126 g/mol. The van der Waals surface area contributed by atoms with Crippen molar-refractivity contribution in [2.24, 2.45) is 0 Å². The van der Waals surface area contributed by atoms with Crippen molar-refractivity contribution in [3.8, 4) is 0 Å². The van der Waals surface area contributed by atoms with E-state index in [2.05, 4.69) is 0 Å². The lowest BCUT2D eigenvalue weighted by molar-refractivity contribution is 0.184. The van der Waals surface area contributed by atoms with Crippen LogP contribution in [0.4, 0.5) is 0 Å². The molecule has 3 rings (SSSR count). The molecule has 0 radical (unpaired) electrons.